The summed E-state index contributed by atoms with van der Waals surface area (Å²) >= 11 is 0. The fourth-order valence-corrected chi connectivity index (χ4v) is 0.847. The minimum Gasteiger partial charge on any atom is -0.481 e. The molecule has 17 heavy (non-hydrogen) atoms. The topological polar surface area (TPSA) is 121 Å². The Morgan fingerprint density at radius 3 is 2.47 bits per heavy atom. The molecule has 0 heterocycles. The van der Waals surface area contributed by atoms with E-state index in [1.807, 2.05) is 0 Å². The maximum atomic E-state index is 11.7. The first kappa shape index (κ1) is 5.81. The molecule has 0 radical (unpaired) electrons. The fraction of sp³-hybridized carbons (Fsp3) is 0.700. The first-order valence-corrected chi connectivity index (χ1v) is 4.11. The van der Waals surface area contributed by atoms with E-state index >= 15 is 0 Å². The summed E-state index contributed by atoms with van der Waals surface area (Å²) in [7, 11) is 0. The van der Waals surface area contributed by atoms with Gasteiger partial charge in [-0.25, -0.2) is 4.79 Å². The summed E-state index contributed by atoms with van der Waals surface area (Å²) in [6, 6.07) is 0. The Kier molecular flexibility index (Phi) is 2.34. The Hall–Kier alpha value is -1.63. The molecule has 0 saturated heterocycles. The molecule has 7 heteroatoms. The largest absolute Gasteiger partial charge is 0.481 e. The van der Waals surface area contributed by atoms with Crippen molar-refractivity contribution in [1.82, 2.24) is 0 Å². The van der Waals surface area contributed by atoms with Crippen molar-refractivity contribution < 1.29 is 46.8 Å². The lowest BCUT2D eigenvalue weighted by Crippen LogP contribution is -2.43. The number of esters is 1. The molecular weight excluding hydrogens is 232 g/mol. The molecule has 1 atom stereocenters. The van der Waals surface area contributed by atoms with Crippen LogP contribution in [-0.2, 0) is 19.1 Å². The van der Waals surface area contributed by atoms with Crippen LogP contribution in [0.5, 0.6) is 0 Å². The average molecular weight is 257 g/mol. The van der Waals surface area contributed by atoms with Crippen molar-refractivity contribution in [3.05, 3.63) is 0 Å². The van der Waals surface area contributed by atoms with Gasteiger partial charge in [-0.3, -0.25) is 9.59 Å². The van der Waals surface area contributed by atoms with Gasteiger partial charge in [0.25, 0.3) is 0 Å². The monoisotopic (exact) mass is 257 g/mol. The number of carboxylic acids is 2. The van der Waals surface area contributed by atoms with Crippen molar-refractivity contribution in [3.8, 4) is 0 Å². The Bertz CT molecular complexity index is 586. The highest BCUT2D eigenvalue weighted by Crippen LogP contribution is 2.17. The van der Waals surface area contributed by atoms with E-state index in [4.69, 9.17) is 22.5 Å². The zero-order chi connectivity index (χ0) is 21.4. The summed E-state index contributed by atoms with van der Waals surface area (Å²) in [4.78, 5) is 33.2. The molecule has 7 nitrogen and oxygen atoms in total. The van der Waals surface area contributed by atoms with Crippen LogP contribution in [0.25, 0.3) is 0 Å². The number of hydrogen-bond acceptors (Lipinski definition) is 5. The zero-order valence-corrected chi connectivity index (χ0v) is 8.39. The van der Waals surface area contributed by atoms with Gasteiger partial charge in [0.2, 0.25) is 0 Å². The van der Waals surface area contributed by atoms with E-state index < -0.39 is 62.5 Å². The molecule has 0 aliphatic heterocycles. The molecule has 0 aliphatic carbocycles. The second-order valence-electron chi connectivity index (χ2n) is 2.91. The molecule has 98 valence electrons. The van der Waals surface area contributed by atoms with Crippen LogP contribution < -0.4 is 0 Å². The SMILES string of the molecule is [2H]C([2H])([2H])C([2H])([2H])C([2H])([2H])C([2H])([2H])OC(=O)CC(O)(CC(=O)O)C(=O)O. The van der Waals surface area contributed by atoms with Gasteiger partial charge >= 0.3 is 17.9 Å². The summed E-state index contributed by atoms with van der Waals surface area (Å²) in [5.41, 5.74) is -3.20. The van der Waals surface area contributed by atoms with Crippen LogP contribution in [0.2, 0.25) is 0 Å². The number of carbonyl (C=O) groups excluding carboxylic acids is 1. The molecule has 0 bridgehead atoms. The fourth-order valence-electron chi connectivity index (χ4n) is 0.847. The quantitative estimate of drug-likeness (QED) is 0.523. The second kappa shape index (κ2) is 6.85. The lowest BCUT2D eigenvalue weighted by molar-refractivity contribution is -0.172. The number of aliphatic carboxylic acids is 2. The third-order valence-electron chi connectivity index (χ3n) is 1.56. The number of carboxylic acid groups (broad SMARTS) is 2. The number of hydrogen-bond donors (Lipinski definition) is 3. The van der Waals surface area contributed by atoms with Crippen LogP contribution in [0, 0.1) is 0 Å². The molecule has 0 rings (SSSR count). The summed E-state index contributed by atoms with van der Waals surface area (Å²) in [6.45, 7) is -7.55. The Morgan fingerprint density at radius 1 is 1.35 bits per heavy atom. The highest BCUT2D eigenvalue weighted by molar-refractivity contribution is 5.88. The van der Waals surface area contributed by atoms with Crippen molar-refractivity contribution in [2.75, 3.05) is 6.56 Å². The predicted octanol–water partition coefficient (Wildman–Crippen LogP) is 0.0102. The Morgan fingerprint density at radius 2 is 2.00 bits per heavy atom. The van der Waals surface area contributed by atoms with Crippen molar-refractivity contribution >= 4 is 17.9 Å². The van der Waals surface area contributed by atoms with E-state index in [-0.39, 0.29) is 0 Å². The Balaban J connectivity index is 5.58. The number of carbonyl (C=O) groups is 3. The lowest BCUT2D eigenvalue weighted by atomic mass is 9.96. The maximum absolute atomic E-state index is 11.7. The van der Waals surface area contributed by atoms with Crippen molar-refractivity contribution in [2.45, 2.75) is 38.0 Å². The standard InChI is InChI=1S/C10H16O7/c1-2-3-4-17-8(13)6-10(16,9(14)15)5-7(11)12/h16H,2-6H2,1H3,(H,11,12)(H,14,15)/i1D3,2D2,3D2,4D2. The lowest BCUT2D eigenvalue weighted by Gasteiger charge is -2.20. The molecule has 0 aromatic rings. The summed E-state index contributed by atoms with van der Waals surface area (Å²) < 4.78 is 69.1. The molecule has 0 saturated carbocycles. The number of aliphatic hydroxyl groups is 1. The van der Waals surface area contributed by atoms with Crippen LogP contribution in [0.4, 0.5) is 0 Å². The van der Waals surface area contributed by atoms with Gasteiger partial charge < -0.3 is 20.1 Å². The molecule has 1 unspecified atom stereocenters. The van der Waals surface area contributed by atoms with Crippen LogP contribution >= 0.6 is 0 Å². The van der Waals surface area contributed by atoms with Gasteiger partial charge in [-0.1, -0.05) is 13.2 Å². The highest BCUT2D eigenvalue weighted by atomic mass is 16.5. The van der Waals surface area contributed by atoms with Crippen molar-refractivity contribution in [3.63, 3.8) is 0 Å². The molecule has 0 spiro atoms. The minimum absolute atomic E-state index is 1.47. The van der Waals surface area contributed by atoms with E-state index in [1.54, 1.807) is 0 Å². The van der Waals surface area contributed by atoms with Gasteiger partial charge in [0.15, 0.2) is 5.60 Å². The molecule has 3 N–H and O–H groups in total. The van der Waals surface area contributed by atoms with Gasteiger partial charge in [0.1, 0.15) is 0 Å². The molecule has 0 amide bonds. The highest BCUT2D eigenvalue weighted by Gasteiger charge is 2.41. The van der Waals surface area contributed by atoms with Crippen molar-refractivity contribution in [2.24, 2.45) is 0 Å². The van der Waals surface area contributed by atoms with E-state index in [9.17, 15) is 19.5 Å². The first-order valence-electron chi connectivity index (χ1n) is 8.61. The molecular formula is C10H16O7. The van der Waals surface area contributed by atoms with Crippen LogP contribution in [0.3, 0.4) is 0 Å². The third-order valence-corrected chi connectivity index (χ3v) is 1.56. The maximum Gasteiger partial charge on any atom is 0.336 e. The number of rotatable bonds is 8. The van der Waals surface area contributed by atoms with Crippen molar-refractivity contribution in [1.29, 1.82) is 0 Å². The van der Waals surface area contributed by atoms with Crippen LogP contribution in [0.15, 0.2) is 0 Å². The smallest absolute Gasteiger partial charge is 0.336 e. The van der Waals surface area contributed by atoms with Crippen LogP contribution in [-0.4, -0.2) is 45.4 Å². The van der Waals surface area contributed by atoms with E-state index in [2.05, 4.69) is 4.74 Å². The van der Waals surface area contributed by atoms with E-state index in [1.165, 1.54) is 0 Å². The second-order valence-corrected chi connectivity index (χ2v) is 2.91. The van der Waals surface area contributed by atoms with Gasteiger partial charge in [-0.05, 0) is 6.37 Å². The first-order chi connectivity index (χ1) is 11.2. The predicted molar refractivity (Wildman–Crippen MR) is 55.3 cm³/mol. The Labute approximate surface area is 111 Å². The zero-order valence-electron chi connectivity index (χ0n) is 17.4. The molecule has 0 aromatic heterocycles. The van der Waals surface area contributed by atoms with E-state index in [0.29, 0.717) is 0 Å². The van der Waals surface area contributed by atoms with Gasteiger partial charge in [0.05, 0.1) is 22.1 Å². The van der Waals surface area contributed by atoms with Gasteiger partial charge in [-0.15, -0.1) is 0 Å². The summed E-state index contributed by atoms with van der Waals surface area (Å²) in [6.07, 6.45) is -10.8. The molecule has 0 aromatic carbocycles. The summed E-state index contributed by atoms with van der Waals surface area (Å²) in [5, 5.41) is 27.0. The minimum atomic E-state index is -3.92. The average Bonchev–Trinajstić information content (AvgIpc) is 2.34. The molecule has 0 fully saturated rings. The van der Waals surface area contributed by atoms with Crippen LogP contribution in [0.1, 0.15) is 44.8 Å². The number of ether oxygens (including phenoxy) is 1. The van der Waals surface area contributed by atoms with E-state index in [0.717, 1.165) is 0 Å². The normalized spacial score (nSPS) is 24.9. The van der Waals surface area contributed by atoms with Gasteiger partial charge in [-0.2, -0.15) is 0 Å². The van der Waals surface area contributed by atoms with Gasteiger partial charge in [0, 0.05) is 9.60 Å². The molecule has 0 aliphatic rings. The third kappa shape index (κ3) is 5.86. The summed E-state index contributed by atoms with van der Waals surface area (Å²) in [5.74, 6) is -5.90.